The highest BCUT2D eigenvalue weighted by atomic mass is 16.6. The lowest BCUT2D eigenvalue weighted by Gasteiger charge is -2.07. The van der Waals surface area contributed by atoms with Crippen molar-refractivity contribution in [3.8, 4) is 0 Å². The fraction of sp³-hybridized carbons (Fsp3) is 0.778. The van der Waals surface area contributed by atoms with Crippen molar-refractivity contribution in [2.75, 3.05) is 0 Å². The van der Waals surface area contributed by atoms with E-state index in [4.69, 9.17) is 4.74 Å². The summed E-state index contributed by atoms with van der Waals surface area (Å²) in [7, 11) is 0. The van der Waals surface area contributed by atoms with Crippen molar-refractivity contribution in [1.29, 1.82) is 0 Å². The Morgan fingerprint density at radius 2 is 1.92 bits per heavy atom. The summed E-state index contributed by atoms with van der Waals surface area (Å²) in [5.74, 6) is 1.41. The van der Waals surface area contributed by atoms with Gasteiger partial charge in [-0.1, -0.05) is 6.42 Å². The highest BCUT2D eigenvalue weighted by Crippen LogP contribution is 2.59. The molecule has 0 aromatic carbocycles. The van der Waals surface area contributed by atoms with E-state index < -0.39 is 12.2 Å². The molecule has 70 valence electrons. The van der Waals surface area contributed by atoms with E-state index in [1.54, 1.807) is 0 Å². The number of alkyl carbamates (subject to hydrolysis) is 1. The minimum Gasteiger partial charge on any atom is -0.435 e. The van der Waals surface area contributed by atoms with Gasteiger partial charge in [-0.2, -0.15) is 0 Å². The number of rotatable bonds is 1. The molecule has 3 rings (SSSR count). The molecule has 0 radical (unpaired) electrons. The van der Waals surface area contributed by atoms with Gasteiger partial charge in [-0.25, -0.2) is 4.79 Å². The van der Waals surface area contributed by atoms with Crippen LogP contribution in [-0.2, 0) is 9.53 Å². The van der Waals surface area contributed by atoms with E-state index >= 15 is 0 Å². The van der Waals surface area contributed by atoms with Crippen molar-refractivity contribution in [3.63, 3.8) is 0 Å². The van der Waals surface area contributed by atoms with Crippen LogP contribution in [0.15, 0.2) is 0 Å². The van der Waals surface area contributed by atoms with Gasteiger partial charge in [-0.05, 0) is 24.7 Å². The Morgan fingerprint density at radius 1 is 1.23 bits per heavy atom. The van der Waals surface area contributed by atoms with Crippen LogP contribution in [0.5, 0.6) is 0 Å². The van der Waals surface area contributed by atoms with Gasteiger partial charge in [-0.15, -0.1) is 0 Å². The van der Waals surface area contributed by atoms with E-state index in [1.165, 1.54) is 19.3 Å². The molecular formula is C9H11NO3. The molecule has 1 aliphatic heterocycles. The van der Waals surface area contributed by atoms with E-state index in [0.717, 1.165) is 0 Å². The number of fused-ring (bicyclic) bond motifs is 1. The first kappa shape index (κ1) is 7.35. The maximum Gasteiger partial charge on any atom is 0.414 e. The number of carbonyl (C=O) groups is 2. The van der Waals surface area contributed by atoms with Gasteiger partial charge in [0, 0.05) is 5.92 Å². The van der Waals surface area contributed by atoms with Gasteiger partial charge >= 0.3 is 6.09 Å². The molecule has 2 saturated carbocycles. The minimum absolute atomic E-state index is 0.232. The number of hydrogen-bond donors (Lipinski definition) is 1. The average Bonchev–Trinajstić information content (AvgIpc) is 2.47. The summed E-state index contributed by atoms with van der Waals surface area (Å²) in [5, 5.41) is 2.18. The van der Waals surface area contributed by atoms with E-state index in [2.05, 4.69) is 5.32 Å². The molecule has 4 heteroatoms. The molecule has 1 N–H and O–H groups in total. The molecule has 0 bridgehead atoms. The van der Waals surface area contributed by atoms with Crippen LogP contribution in [-0.4, -0.2) is 18.1 Å². The summed E-state index contributed by atoms with van der Waals surface area (Å²) >= 11 is 0. The van der Waals surface area contributed by atoms with Crippen LogP contribution in [0.3, 0.4) is 0 Å². The maximum atomic E-state index is 11.2. The summed E-state index contributed by atoms with van der Waals surface area (Å²) in [4.78, 5) is 22.0. The molecule has 2 amide bonds. The molecule has 1 heterocycles. The second kappa shape index (κ2) is 2.25. The number of cyclic esters (lactones) is 1. The van der Waals surface area contributed by atoms with Crippen molar-refractivity contribution in [2.24, 2.45) is 17.8 Å². The number of carbonyl (C=O) groups excluding carboxylic acids is 2. The quantitative estimate of drug-likeness (QED) is 0.646. The monoisotopic (exact) mass is 181 g/mol. The standard InChI is InChI=1S/C9H11NO3/c11-8-7(13-9(12)10-8)6-4-2-1-3-5(4)6/h4-7H,1-3H2,(H,10,11,12). The van der Waals surface area contributed by atoms with Crippen LogP contribution in [0.1, 0.15) is 19.3 Å². The first-order chi connectivity index (χ1) is 6.27. The van der Waals surface area contributed by atoms with Crippen molar-refractivity contribution < 1.29 is 14.3 Å². The number of ether oxygens (including phenoxy) is 1. The summed E-state index contributed by atoms with van der Waals surface area (Å²) in [5.41, 5.74) is 0. The molecular weight excluding hydrogens is 170 g/mol. The molecule has 13 heavy (non-hydrogen) atoms. The highest BCUT2D eigenvalue weighted by molar-refractivity contribution is 6.00. The van der Waals surface area contributed by atoms with Crippen LogP contribution in [0.2, 0.25) is 0 Å². The first-order valence-corrected chi connectivity index (χ1v) is 4.79. The third-order valence-electron chi connectivity index (χ3n) is 3.54. The predicted octanol–water partition coefficient (Wildman–Crippen LogP) is 0.667. The smallest absolute Gasteiger partial charge is 0.414 e. The number of amides is 2. The largest absolute Gasteiger partial charge is 0.435 e. The van der Waals surface area contributed by atoms with Gasteiger partial charge in [0.2, 0.25) is 0 Å². The van der Waals surface area contributed by atoms with E-state index in [1.807, 2.05) is 0 Å². The molecule has 2 aliphatic carbocycles. The van der Waals surface area contributed by atoms with Crippen molar-refractivity contribution >= 4 is 12.0 Å². The fourth-order valence-electron chi connectivity index (χ4n) is 2.95. The molecule has 3 fully saturated rings. The average molecular weight is 181 g/mol. The maximum absolute atomic E-state index is 11.2. The van der Waals surface area contributed by atoms with Gasteiger partial charge in [0.05, 0.1) is 0 Å². The van der Waals surface area contributed by atoms with Gasteiger partial charge in [-0.3, -0.25) is 10.1 Å². The second-order valence-electron chi connectivity index (χ2n) is 4.15. The fourth-order valence-corrected chi connectivity index (χ4v) is 2.95. The summed E-state index contributed by atoms with van der Waals surface area (Å²) in [6, 6.07) is 0. The summed E-state index contributed by atoms with van der Waals surface area (Å²) in [6.07, 6.45) is 2.64. The topological polar surface area (TPSA) is 55.4 Å². The molecule has 3 aliphatic rings. The van der Waals surface area contributed by atoms with Crippen LogP contribution >= 0.6 is 0 Å². The summed E-state index contributed by atoms with van der Waals surface area (Å²) in [6.45, 7) is 0. The Balaban J connectivity index is 1.74. The van der Waals surface area contributed by atoms with Gasteiger partial charge < -0.3 is 4.74 Å². The second-order valence-corrected chi connectivity index (χ2v) is 4.15. The molecule has 0 aromatic rings. The molecule has 3 atom stereocenters. The zero-order valence-corrected chi connectivity index (χ0v) is 7.16. The normalized spacial score (nSPS) is 47.1. The van der Waals surface area contributed by atoms with E-state index in [-0.39, 0.29) is 5.91 Å². The number of hydrogen-bond acceptors (Lipinski definition) is 3. The Labute approximate surface area is 75.6 Å². The van der Waals surface area contributed by atoms with Crippen LogP contribution in [0.4, 0.5) is 4.79 Å². The lowest BCUT2D eigenvalue weighted by atomic mass is 10.1. The van der Waals surface area contributed by atoms with E-state index in [9.17, 15) is 9.59 Å². The summed E-state index contributed by atoms with van der Waals surface area (Å²) < 4.78 is 4.93. The third-order valence-corrected chi connectivity index (χ3v) is 3.54. The van der Waals surface area contributed by atoms with Crippen LogP contribution < -0.4 is 5.32 Å². The highest BCUT2D eigenvalue weighted by Gasteiger charge is 2.60. The van der Waals surface area contributed by atoms with Crippen molar-refractivity contribution in [1.82, 2.24) is 5.32 Å². The lowest BCUT2D eigenvalue weighted by Crippen LogP contribution is -2.27. The van der Waals surface area contributed by atoms with Crippen LogP contribution in [0, 0.1) is 17.8 Å². The lowest BCUT2D eigenvalue weighted by molar-refractivity contribution is -0.124. The Kier molecular flexibility index (Phi) is 1.27. The zero-order chi connectivity index (χ0) is 9.00. The van der Waals surface area contributed by atoms with Gasteiger partial charge in [0.15, 0.2) is 6.10 Å². The van der Waals surface area contributed by atoms with Crippen molar-refractivity contribution in [2.45, 2.75) is 25.4 Å². The molecule has 1 saturated heterocycles. The molecule has 4 nitrogen and oxygen atoms in total. The number of nitrogens with one attached hydrogen (secondary N) is 1. The molecule has 3 unspecified atom stereocenters. The first-order valence-electron chi connectivity index (χ1n) is 4.79. The number of imide groups is 1. The van der Waals surface area contributed by atoms with Crippen molar-refractivity contribution in [3.05, 3.63) is 0 Å². The van der Waals surface area contributed by atoms with Crippen LogP contribution in [0.25, 0.3) is 0 Å². The Hall–Kier alpha value is -1.06. The zero-order valence-electron chi connectivity index (χ0n) is 7.16. The Bertz CT molecular complexity index is 279. The van der Waals surface area contributed by atoms with E-state index in [0.29, 0.717) is 17.8 Å². The van der Waals surface area contributed by atoms with Gasteiger partial charge in [0.25, 0.3) is 5.91 Å². The van der Waals surface area contributed by atoms with Gasteiger partial charge in [0.1, 0.15) is 0 Å². The predicted molar refractivity (Wildman–Crippen MR) is 42.7 cm³/mol. The molecule has 0 aromatic heterocycles. The third kappa shape index (κ3) is 0.913. The Morgan fingerprint density at radius 3 is 2.46 bits per heavy atom. The minimum atomic E-state index is -0.569. The molecule has 0 spiro atoms. The SMILES string of the molecule is O=C1NC(=O)C(C2C3CCCC32)O1.